The van der Waals surface area contributed by atoms with Crippen molar-refractivity contribution in [2.45, 2.75) is 25.7 Å². The maximum atomic E-state index is 12.4. The van der Waals surface area contributed by atoms with Crippen molar-refractivity contribution in [1.82, 2.24) is 4.98 Å². The summed E-state index contributed by atoms with van der Waals surface area (Å²) in [5.41, 5.74) is 8.19. The predicted octanol–water partition coefficient (Wildman–Crippen LogP) is 2.81. The van der Waals surface area contributed by atoms with E-state index in [2.05, 4.69) is 4.98 Å². The van der Waals surface area contributed by atoms with E-state index < -0.39 is 5.63 Å². The van der Waals surface area contributed by atoms with Crippen molar-refractivity contribution in [2.75, 3.05) is 12.8 Å². The number of ether oxygens (including phenoxy) is 1. The van der Waals surface area contributed by atoms with Crippen molar-refractivity contribution in [3.8, 4) is 5.75 Å². The highest BCUT2D eigenvalue weighted by Gasteiger charge is 2.22. The molecule has 0 aliphatic heterocycles. The normalized spacial score (nSPS) is 14.2. The van der Waals surface area contributed by atoms with Gasteiger partial charge in [0.1, 0.15) is 11.2 Å². The Morgan fingerprint density at radius 3 is 2.86 bits per heavy atom. The molecule has 5 nitrogen and oxygen atoms in total. The molecule has 3 aromatic rings. The molecule has 1 aromatic carbocycles. The lowest BCUT2D eigenvalue weighted by atomic mass is 9.90. The number of aromatic nitrogens is 1. The minimum Gasteiger partial charge on any atom is -0.493 e. The van der Waals surface area contributed by atoms with Gasteiger partial charge in [0, 0.05) is 16.5 Å². The molecular weight excluding hydrogens is 280 g/mol. The van der Waals surface area contributed by atoms with E-state index >= 15 is 0 Å². The smallest absolute Gasteiger partial charge is 0.348 e. The average Bonchev–Trinajstić information content (AvgIpc) is 2.53. The zero-order valence-corrected chi connectivity index (χ0v) is 12.3. The first kappa shape index (κ1) is 13.1. The van der Waals surface area contributed by atoms with Crippen LogP contribution in [0.15, 0.2) is 27.4 Å². The predicted molar refractivity (Wildman–Crippen MR) is 85.4 cm³/mol. The number of nitrogens with zero attached hydrogens (tertiary/aromatic N) is 1. The van der Waals surface area contributed by atoms with Crippen LogP contribution in [0.3, 0.4) is 0 Å². The molecule has 0 atom stereocenters. The number of benzene rings is 1. The summed E-state index contributed by atoms with van der Waals surface area (Å²) in [6.07, 6.45) is 4.02. The maximum absolute atomic E-state index is 12.4. The largest absolute Gasteiger partial charge is 0.493 e. The van der Waals surface area contributed by atoms with E-state index in [4.69, 9.17) is 14.9 Å². The Kier molecular flexibility index (Phi) is 2.82. The molecule has 4 rings (SSSR count). The summed E-state index contributed by atoms with van der Waals surface area (Å²) in [6, 6.07) is 5.62. The second kappa shape index (κ2) is 4.73. The molecular formula is C17H16N2O3. The van der Waals surface area contributed by atoms with Crippen molar-refractivity contribution in [3.63, 3.8) is 0 Å². The van der Waals surface area contributed by atoms with Gasteiger partial charge in [-0.25, -0.2) is 9.78 Å². The third-order valence-corrected chi connectivity index (χ3v) is 4.37. The summed E-state index contributed by atoms with van der Waals surface area (Å²) in [4.78, 5) is 16.9. The molecule has 2 N–H and O–H groups in total. The molecule has 0 bridgehead atoms. The molecule has 0 unspecified atom stereocenters. The Morgan fingerprint density at radius 2 is 2.05 bits per heavy atom. The summed E-state index contributed by atoms with van der Waals surface area (Å²) >= 11 is 0. The van der Waals surface area contributed by atoms with E-state index in [0.717, 1.165) is 47.7 Å². The van der Waals surface area contributed by atoms with Crippen LogP contribution in [0.1, 0.15) is 24.1 Å². The van der Waals surface area contributed by atoms with Crippen LogP contribution in [0.5, 0.6) is 5.75 Å². The van der Waals surface area contributed by atoms with Crippen molar-refractivity contribution in [3.05, 3.63) is 39.9 Å². The Morgan fingerprint density at radius 1 is 1.23 bits per heavy atom. The molecule has 112 valence electrons. The van der Waals surface area contributed by atoms with E-state index in [9.17, 15) is 4.79 Å². The highest BCUT2D eigenvalue weighted by atomic mass is 16.5. The minimum atomic E-state index is -0.453. The van der Waals surface area contributed by atoms with Crippen molar-refractivity contribution >= 4 is 27.6 Å². The zero-order valence-electron chi connectivity index (χ0n) is 12.3. The number of pyridine rings is 1. The summed E-state index contributed by atoms with van der Waals surface area (Å²) < 4.78 is 10.8. The van der Waals surface area contributed by atoms with E-state index in [1.807, 2.05) is 12.1 Å². The Balaban J connectivity index is 2.29. The number of aryl methyl sites for hydroxylation is 2. The van der Waals surface area contributed by atoms with Crippen LogP contribution in [0.25, 0.3) is 21.7 Å². The standard InChI is InChI=1S/C17H16N2O3/c1-21-12-8-4-6-10-13-9-5-2-3-7-11(9)19-16(18)14(13)17(20)22-15(10)12/h4,6,8H,2-3,5,7H2,1H3,(H2,18,19). The minimum absolute atomic E-state index is 0.258. The fourth-order valence-electron chi connectivity index (χ4n) is 3.39. The van der Waals surface area contributed by atoms with Crippen LogP contribution in [0.4, 0.5) is 5.82 Å². The maximum Gasteiger partial charge on any atom is 0.348 e. The van der Waals surface area contributed by atoms with E-state index in [1.54, 1.807) is 13.2 Å². The third kappa shape index (κ3) is 1.71. The molecule has 2 heterocycles. The van der Waals surface area contributed by atoms with Gasteiger partial charge in [0.15, 0.2) is 11.3 Å². The van der Waals surface area contributed by atoms with E-state index in [0.29, 0.717) is 16.7 Å². The fraction of sp³-hybridized carbons (Fsp3) is 0.294. The average molecular weight is 296 g/mol. The molecule has 2 aromatic heterocycles. The van der Waals surface area contributed by atoms with E-state index in [-0.39, 0.29) is 5.82 Å². The molecule has 1 aliphatic carbocycles. The first-order valence-corrected chi connectivity index (χ1v) is 7.41. The molecule has 0 spiro atoms. The number of para-hydroxylation sites is 1. The highest BCUT2D eigenvalue weighted by Crippen LogP contribution is 2.36. The van der Waals surface area contributed by atoms with Gasteiger partial charge in [0.05, 0.1) is 7.11 Å². The molecule has 22 heavy (non-hydrogen) atoms. The number of nitrogen functional groups attached to an aromatic ring is 1. The number of nitrogens with two attached hydrogens (primary N) is 1. The summed E-state index contributed by atoms with van der Waals surface area (Å²) in [5, 5.41) is 2.13. The molecule has 0 saturated carbocycles. The lowest BCUT2D eigenvalue weighted by Gasteiger charge is -2.19. The van der Waals surface area contributed by atoms with Gasteiger partial charge in [-0.15, -0.1) is 0 Å². The zero-order chi connectivity index (χ0) is 15.3. The van der Waals surface area contributed by atoms with Crippen LogP contribution in [0, 0.1) is 0 Å². The molecule has 0 amide bonds. The van der Waals surface area contributed by atoms with Crippen molar-refractivity contribution in [2.24, 2.45) is 0 Å². The van der Waals surface area contributed by atoms with Gasteiger partial charge in [-0.05, 0) is 37.3 Å². The summed E-state index contributed by atoms with van der Waals surface area (Å²) in [5.74, 6) is 0.811. The lowest BCUT2D eigenvalue weighted by Crippen LogP contribution is -2.13. The second-order valence-corrected chi connectivity index (χ2v) is 5.61. The Hall–Kier alpha value is -2.56. The number of fused-ring (bicyclic) bond motifs is 5. The van der Waals surface area contributed by atoms with Crippen LogP contribution in [0.2, 0.25) is 0 Å². The lowest BCUT2D eigenvalue weighted by molar-refractivity contribution is 0.407. The summed E-state index contributed by atoms with van der Waals surface area (Å²) in [6.45, 7) is 0. The highest BCUT2D eigenvalue weighted by molar-refractivity contribution is 6.10. The number of anilines is 1. The molecule has 0 saturated heterocycles. The van der Waals surface area contributed by atoms with Gasteiger partial charge in [-0.2, -0.15) is 0 Å². The van der Waals surface area contributed by atoms with Gasteiger partial charge in [-0.3, -0.25) is 0 Å². The number of rotatable bonds is 1. The summed E-state index contributed by atoms with van der Waals surface area (Å²) in [7, 11) is 1.56. The second-order valence-electron chi connectivity index (χ2n) is 5.61. The van der Waals surface area contributed by atoms with Crippen LogP contribution < -0.4 is 16.1 Å². The quantitative estimate of drug-likeness (QED) is 0.552. The van der Waals surface area contributed by atoms with Gasteiger partial charge in [0.2, 0.25) is 0 Å². The van der Waals surface area contributed by atoms with Gasteiger partial charge >= 0.3 is 5.63 Å². The molecule has 5 heteroatoms. The SMILES string of the molecule is COc1cccc2c1oc(=O)c1c(N)nc3c(c12)CCCC3. The Bertz CT molecular complexity index is 960. The number of hydrogen-bond acceptors (Lipinski definition) is 5. The molecule has 0 radical (unpaired) electrons. The van der Waals surface area contributed by atoms with Gasteiger partial charge < -0.3 is 14.9 Å². The number of hydrogen-bond donors (Lipinski definition) is 1. The van der Waals surface area contributed by atoms with Crippen LogP contribution >= 0.6 is 0 Å². The topological polar surface area (TPSA) is 78.3 Å². The third-order valence-electron chi connectivity index (χ3n) is 4.37. The first-order valence-electron chi connectivity index (χ1n) is 7.41. The van der Waals surface area contributed by atoms with Gasteiger partial charge in [-0.1, -0.05) is 12.1 Å². The van der Waals surface area contributed by atoms with Crippen molar-refractivity contribution < 1.29 is 9.15 Å². The first-order chi connectivity index (χ1) is 10.7. The molecule has 0 fully saturated rings. The van der Waals surface area contributed by atoms with Crippen LogP contribution in [-0.2, 0) is 12.8 Å². The monoisotopic (exact) mass is 296 g/mol. The fourth-order valence-corrected chi connectivity index (χ4v) is 3.39. The van der Waals surface area contributed by atoms with E-state index in [1.165, 1.54) is 0 Å². The molecule has 1 aliphatic rings. The van der Waals surface area contributed by atoms with Gasteiger partial charge in [0.25, 0.3) is 0 Å². The van der Waals surface area contributed by atoms with Crippen LogP contribution in [-0.4, -0.2) is 12.1 Å². The number of methoxy groups -OCH3 is 1. The van der Waals surface area contributed by atoms with Crippen molar-refractivity contribution in [1.29, 1.82) is 0 Å². The Labute approximate surface area is 126 Å².